The zero-order valence-electron chi connectivity index (χ0n) is 14.8. The molecule has 0 saturated heterocycles. The quantitative estimate of drug-likeness (QED) is 0.503. The average molecular weight is 351 g/mol. The Labute approximate surface area is 156 Å². The lowest BCUT2D eigenvalue weighted by molar-refractivity contribution is 0.133. The van der Waals surface area contributed by atoms with Gasteiger partial charge in [0.2, 0.25) is 0 Å². The second kappa shape index (κ2) is 7.38. The zero-order chi connectivity index (χ0) is 17.2. The fourth-order valence-corrected chi connectivity index (χ4v) is 5.16. The molecule has 2 aromatic rings. The molecule has 0 amide bonds. The van der Waals surface area contributed by atoms with E-state index in [4.69, 9.17) is 11.6 Å². The molecule has 2 aliphatic carbocycles. The first-order valence-electron chi connectivity index (χ1n) is 9.71. The normalized spacial score (nSPS) is 29.0. The van der Waals surface area contributed by atoms with Gasteiger partial charge in [-0.2, -0.15) is 0 Å². The van der Waals surface area contributed by atoms with Crippen molar-refractivity contribution in [3.05, 3.63) is 71.8 Å². The molecule has 1 heteroatoms. The molecule has 0 heterocycles. The molecule has 0 radical (unpaired) electrons. The average Bonchev–Trinajstić information content (AvgIpc) is 2.68. The maximum absolute atomic E-state index is 5.99. The second-order valence-electron chi connectivity index (χ2n) is 7.97. The van der Waals surface area contributed by atoms with E-state index >= 15 is 0 Å². The third kappa shape index (κ3) is 3.70. The lowest BCUT2D eigenvalue weighted by Gasteiger charge is -2.41. The molecule has 4 unspecified atom stereocenters. The summed E-state index contributed by atoms with van der Waals surface area (Å²) < 4.78 is 0. The van der Waals surface area contributed by atoms with Gasteiger partial charge in [-0.15, -0.1) is 6.58 Å². The minimum atomic E-state index is 0.751. The van der Waals surface area contributed by atoms with Gasteiger partial charge in [0.25, 0.3) is 0 Å². The van der Waals surface area contributed by atoms with Crippen molar-refractivity contribution in [3.63, 3.8) is 0 Å². The van der Waals surface area contributed by atoms with Gasteiger partial charge in [-0.1, -0.05) is 54.1 Å². The second-order valence-corrected chi connectivity index (χ2v) is 8.40. The summed E-state index contributed by atoms with van der Waals surface area (Å²) in [4.78, 5) is 0. The molecule has 4 atom stereocenters. The van der Waals surface area contributed by atoms with Gasteiger partial charge < -0.3 is 0 Å². The molecule has 2 fully saturated rings. The number of allylic oxidation sites excluding steroid dienone is 1. The van der Waals surface area contributed by atoms with E-state index in [1.54, 1.807) is 0 Å². The molecule has 0 N–H and O–H groups in total. The minimum absolute atomic E-state index is 0.751. The van der Waals surface area contributed by atoms with E-state index in [1.807, 2.05) is 12.1 Å². The van der Waals surface area contributed by atoms with Gasteiger partial charge in [0, 0.05) is 5.02 Å². The summed E-state index contributed by atoms with van der Waals surface area (Å²) in [6.45, 7) is 4.02. The van der Waals surface area contributed by atoms with Crippen molar-refractivity contribution in [2.75, 3.05) is 0 Å². The van der Waals surface area contributed by atoms with Crippen LogP contribution in [-0.2, 0) is 0 Å². The van der Waals surface area contributed by atoms with Gasteiger partial charge in [-0.25, -0.2) is 0 Å². The van der Waals surface area contributed by atoms with Crippen LogP contribution in [0.3, 0.4) is 0 Å². The standard InChI is InChI=1S/C24H27Cl/c1-2-17-3-4-23-16-22(10-9-21(23)15-17)20-7-5-18(6-8-20)19-11-13-24(25)14-12-19/h2,5-8,11-14,17,21-23H,1,3-4,9-10,15-16H2. The Kier molecular flexibility index (Phi) is 4.99. The predicted octanol–water partition coefficient (Wildman–Crippen LogP) is 7.49. The van der Waals surface area contributed by atoms with Gasteiger partial charge in [0.05, 0.1) is 0 Å². The van der Waals surface area contributed by atoms with Crippen molar-refractivity contribution in [2.45, 2.75) is 44.4 Å². The van der Waals surface area contributed by atoms with E-state index < -0.39 is 0 Å². The third-order valence-electron chi connectivity index (χ3n) is 6.55. The smallest absolute Gasteiger partial charge is 0.0406 e. The molecule has 0 nitrogen and oxygen atoms in total. The molecule has 4 rings (SSSR count). The molecular weight excluding hydrogens is 324 g/mol. The third-order valence-corrected chi connectivity index (χ3v) is 6.80. The fourth-order valence-electron chi connectivity index (χ4n) is 5.03. The van der Waals surface area contributed by atoms with Crippen molar-refractivity contribution in [1.82, 2.24) is 0 Å². The molecule has 2 saturated carbocycles. The van der Waals surface area contributed by atoms with Crippen LogP contribution in [0.5, 0.6) is 0 Å². The van der Waals surface area contributed by atoms with Crippen molar-refractivity contribution >= 4 is 11.6 Å². The topological polar surface area (TPSA) is 0 Å². The SMILES string of the molecule is C=CC1CCC2CC(c3ccc(-c4ccc(Cl)cc4)cc3)CCC2C1. The zero-order valence-corrected chi connectivity index (χ0v) is 15.6. The van der Waals surface area contributed by atoms with Gasteiger partial charge in [0.15, 0.2) is 0 Å². The lowest BCUT2D eigenvalue weighted by atomic mass is 9.64. The van der Waals surface area contributed by atoms with Crippen LogP contribution in [0.1, 0.15) is 50.0 Å². The van der Waals surface area contributed by atoms with Gasteiger partial charge in [0.1, 0.15) is 0 Å². The predicted molar refractivity (Wildman–Crippen MR) is 108 cm³/mol. The van der Waals surface area contributed by atoms with Gasteiger partial charge in [-0.05, 0) is 91.0 Å². The number of rotatable bonds is 3. The molecule has 0 bridgehead atoms. The van der Waals surface area contributed by atoms with E-state index in [0.29, 0.717) is 0 Å². The van der Waals surface area contributed by atoms with Crippen LogP contribution in [0.4, 0.5) is 0 Å². The van der Waals surface area contributed by atoms with E-state index in [0.717, 1.165) is 28.7 Å². The maximum atomic E-state index is 5.99. The van der Waals surface area contributed by atoms with E-state index in [-0.39, 0.29) is 0 Å². The Morgan fingerprint density at radius 1 is 0.760 bits per heavy atom. The summed E-state index contributed by atoms with van der Waals surface area (Å²) in [6, 6.07) is 17.4. The maximum Gasteiger partial charge on any atom is 0.0406 e. The summed E-state index contributed by atoms with van der Waals surface area (Å²) in [5, 5.41) is 0.795. The first kappa shape index (κ1) is 16.9. The first-order valence-corrected chi connectivity index (χ1v) is 10.1. The lowest BCUT2D eigenvalue weighted by Crippen LogP contribution is -2.29. The number of benzene rings is 2. The molecule has 0 spiro atoms. The van der Waals surface area contributed by atoms with Gasteiger partial charge in [-0.3, -0.25) is 0 Å². The largest absolute Gasteiger partial charge is 0.103 e. The molecule has 2 aromatic carbocycles. The van der Waals surface area contributed by atoms with Crippen LogP contribution in [-0.4, -0.2) is 0 Å². The molecule has 0 aliphatic heterocycles. The molecule has 0 aromatic heterocycles. The summed E-state index contributed by atoms with van der Waals surface area (Å²) in [6.07, 6.45) is 10.5. The molecule has 2 aliphatic rings. The Balaban J connectivity index is 1.44. The highest BCUT2D eigenvalue weighted by Crippen LogP contribution is 2.47. The highest BCUT2D eigenvalue weighted by atomic mass is 35.5. The summed E-state index contributed by atoms with van der Waals surface area (Å²) >= 11 is 5.99. The summed E-state index contributed by atoms with van der Waals surface area (Å²) in [5.41, 5.74) is 4.05. The molecular formula is C24H27Cl. The van der Waals surface area contributed by atoms with E-state index in [2.05, 4.69) is 49.1 Å². The van der Waals surface area contributed by atoms with Crippen LogP contribution in [0.2, 0.25) is 5.02 Å². The van der Waals surface area contributed by atoms with Crippen molar-refractivity contribution < 1.29 is 0 Å². The number of halogens is 1. The van der Waals surface area contributed by atoms with E-state index in [9.17, 15) is 0 Å². The highest BCUT2D eigenvalue weighted by molar-refractivity contribution is 6.30. The Hall–Kier alpha value is -1.53. The van der Waals surface area contributed by atoms with Crippen LogP contribution in [0, 0.1) is 17.8 Å². The molecule has 25 heavy (non-hydrogen) atoms. The van der Waals surface area contributed by atoms with Crippen LogP contribution >= 0.6 is 11.6 Å². The van der Waals surface area contributed by atoms with Crippen LogP contribution in [0.15, 0.2) is 61.2 Å². The van der Waals surface area contributed by atoms with Crippen molar-refractivity contribution in [1.29, 1.82) is 0 Å². The summed E-state index contributed by atoms with van der Waals surface area (Å²) in [5.74, 6) is 3.41. The Morgan fingerprint density at radius 3 is 2.04 bits per heavy atom. The van der Waals surface area contributed by atoms with Gasteiger partial charge >= 0.3 is 0 Å². The fraction of sp³-hybridized carbons (Fsp3) is 0.417. The Morgan fingerprint density at radius 2 is 1.36 bits per heavy atom. The summed E-state index contributed by atoms with van der Waals surface area (Å²) in [7, 11) is 0. The highest BCUT2D eigenvalue weighted by Gasteiger charge is 2.35. The van der Waals surface area contributed by atoms with Crippen molar-refractivity contribution in [2.24, 2.45) is 17.8 Å². The first-order chi connectivity index (χ1) is 12.2. The number of hydrogen-bond donors (Lipinski definition) is 0. The number of hydrogen-bond acceptors (Lipinski definition) is 0. The number of fused-ring (bicyclic) bond motifs is 1. The van der Waals surface area contributed by atoms with E-state index in [1.165, 1.54) is 55.2 Å². The van der Waals surface area contributed by atoms with Crippen LogP contribution < -0.4 is 0 Å². The van der Waals surface area contributed by atoms with Crippen LogP contribution in [0.25, 0.3) is 11.1 Å². The Bertz CT molecular complexity index is 713. The minimum Gasteiger partial charge on any atom is -0.103 e. The monoisotopic (exact) mass is 350 g/mol. The molecule has 130 valence electrons. The van der Waals surface area contributed by atoms with Crippen molar-refractivity contribution in [3.8, 4) is 11.1 Å².